The molecule has 0 aliphatic rings. The van der Waals surface area contributed by atoms with Crippen molar-refractivity contribution in [1.29, 1.82) is 0 Å². The van der Waals surface area contributed by atoms with Crippen LogP contribution in [0.4, 0.5) is 0 Å². The minimum Gasteiger partial charge on any atom is -0.465 e. The van der Waals surface area contributed by atoms with Crippen LogP contribution in [0.5, 0.6) is 11.5 Å². The molecule has 0 N–H and O–H groups in total. The summed E-state index contributed by atoms with van der Waals surface area (Å²) in [6.45, 7) is 9.44. The van der Waals surface area contributed by atoms with Gasteiger partial charge in [0.15, 0.2) is 0 Å². The van der Waals surface area contributed by atoms with E-state index in [4.69, 9.17) is 9.47 Å². The van der Waals surface area contributed by atoms with E-state index in [0.29, 0.717) is 35.9 Å². The van der Waals surface area contributed by atoms with E-state index in [-0.39, 0.29) is 11.9 Å². The van der Waals surface area contributed by atoms with Gasteiger partial charge < -0.3 is 14.4 Å². The van der Waals surface area contributed by atoms with Gasteiger partial charge in [-0.2, -0.15) is 0 Å². The number of ether oxygens (including phenoxy) is 2. The van der Waals surface area contributed by atoms with Gasteiger partial charge in [-0.05, 0) is 79.3 Å². The largest absolute Gasteiger partial charge is 0.465 e. The Kier molecular flexibility index (Phi) is 8.47. The van der Waals surface area contributed by atoms with E-state index in [0.717, 1.165) is 28.9 Å². The van der Waals surface area contributed by atoms with Crippen molar-refractivity contribution in [2.24, 2.45) is 5.92 Å². The Morgan fingerprint density at radius 1 is 0.853 bits per heavy atom. The zero-order valence-electron chi connectivity index (χ0n) is 20.6. The molecule has 0 fully saturated rings. The zero-order valence-corrected chi connectivity index (χ0v) is 20.6. The molecule has 0 radical (unpaired) electrons. The fraction of sp³-hybridized carbons (Fsp3) is 0.310. The third kappa shape index (κ3) is 6.47. The Labute approximate surface area is 202 Å². The van der Waals surface area contributed by atoms with Crippen molar-refractivity contribution in [3.8, 4) is 11.5 Å². The predicted octanol–water partition coefficient (Wildman–Crippen LogP) is 6.57. The van der Waals surface area contributed by atoms with Crippen LogP contribution in [0, 0.1) is 19.8 Å². The van der Waals surface area contributed by atoms with Gasteiger partial charge in [0.05, 0.1) is 12.7 Å². The highest BCUT2D eigenvalue weighted by Crippen LogP contribution is 2.28. The van der Waals surface area contributed by atoms with Crippen molar-refractivity contribution in [3.05, 3.63) is 94.5 Å². The molecule has 0 aromatic heterocycles. The predicted molar refractivity (Wildman–Crippen MR) is 134 cm³/mol. The number of carbonyl (C=O) groups excluding carboxylic acids is 2. The number of rotatable bonds is 9. The average Bonchev–Trinajstić information content (AvgIpc) is 2.84. The number of hydrogen-bond acceptors (Lipinski definition) is 4. The third-order valence-corrected chi connectivity index (χ3v) is 5.74. The van der Waals surface area contributed by atoms with Gasteiger partial charge in [-0.3, -0.25) is 4.79 Å². The molecule has 3 aromatic rings. The van der Waals surface area contributed by atoms with Crippen LogP contribution in [-0.2, 0) is 11.3 Å². The molecule has 0 unspecified atom stereocenters. The van der Waals surface area contributed by atoms with Crippen LogP contribution in [0.15, 0.2) is 66.7 Å². The van der Waals surface area contributed by atoms with Gasteiger partial charge in [0.2, 0.25) is 0 Å². The quantitative estimate of drug-likeness (QED) is 0.340. The van der Waals surface area contributed by atoms with Crippen LogP contribution < -0.4 is 4.74 Å². The second-order valence-electron chi connectivity index (χ2n) is 8.95. The second kappa shape index (κ2) is 11.5. The second-order valence-corrected chi connectivity index (χ2v) is 8.95. The first-order chi connectivity index (χ1) is 16.3. The Balaban J connectivity index is 1.76. The smallest absolute Gasteiger partial charge is 0.337 e. The molecule has 0 aliphatic carbocycles. The van der Waals surface area contributed by atoms with E-state index in [1.807, 2.05) is 73.3 Å². The molecular formula is C29H33NO4. The van der Waals surface area contributed by atoms with E-state index in [1.54, 1.807) is 12.1 Å². The summed E-state index contributed by atoms with van der Waals surface area (Å²) in [6.07, 6.45) is 0.903. The molecule has 5 nitrogen and oxygen atoms in total. The molecule has 5 heteroatoms. The maximum Gasteiger partial charge on any atom is 0.337 e. The number of aryl methyl sites for hydroxylation is 2. The van der Waals surface area contributed by atoms with Gasteiger partial charge in [-0.1, -0.05) is 44.2 Å². The SMILES string of the molecule is COC(=O)c1ccc(CN(CCC(C)C)C(=O)c2ccc(Oc3c(C)cccc3C)cc2)cc1. The first-order valence-electron chi connectivity index (χ1n) is 11.6. The topological polar surface area (TPSA) is 55.8 Å². The lowest BCUT2D eigenvalue weighted by atomic mass is 10.1. The summed E-state index contributed by atoms with van der Waals surface area (Å²) in [5.41, 5.74) is 4.20. The van der Waals surface area contributed by atoms with Crippen LogP contribution in [0.25, 0.3) is 0 Å². The Bertz CT molecular complexity index is 1100. The first kappa shape index (κ1) is 25.0. The molecule has 3 rings (SSSR count). The lowest BCUT2D eigenvalue weighted by molar-refractivity contribution is 0.0600. The summed E-state index contributed by atoms with van der Waals surface area (Å²) in [4.78, 5) is 26.9. The van der Waals surface area contributed by atoms with Crippen molar-refractivity contribution < 1.29 is 19.1 Å². The molecular weight excluding hydrogens is 426 g/mol. The molecule has 0 bridgehead atoms. The van der Waals surface area contributed by atoms with Crippen molar-refractivity contribution in [3.63, 3.8) is 0 Å². The number of esters is 1. The van der Waals surface area contributed by atoms with Crippen LogP contribution in [0.1, 0.15) is 57.7 Å². The molecule has 0 atom stereocenters. The van der Waals surface area contributed by atoms with Gasteiger partial charge in [0.25, 0.3) is 5.91 Å². The molecule has 178 valence electrons. The van der Waals surface area contributed by atoms with Crippen molar-refractivity contribution in [2.75, 3.05) is 13.7 Å². The lowest BCUT2D eigenvalue weighted by Crippen LogP contribution is -2.32. The summed E-state index contributed by atoms with van der Waals surface area (Å²) < 4.78 is 10.9. The normalized spacial score (nSPS) is 10.8. The number of nitrogens with zero attached hydrogens (tertiary/aromatic N) is 1. The third-order valence-electron chi connectivity index (χ3n) is 5.74. The Hall–Kier alpha value is -3.60. The maximum atomic E-state index is 13.4. The van der Waals surface area contributed by atoms with E-state index in [2.05, 4.69) is 13.8 Å². The van der Waals surface area contributed by atoms with Gasteiger partial charge >= 0.3 is 5.97 Å². The summed E-state index contributed by atoms with van der Waals surface area (Å²) in [6, 6.07) is 20.5. The summed E-state index contributed by atoms with van der Waals surface area (Å²) in [5.74, 6) is 1.61. The average molecular weight is 460 g/mol. The fourth-order valence-electron chi connectivity index (χ4n) is 3.68. The van der Waals surface area contributed by atoms with E-state index >= 15 is 0 Å². The van der Waals surface area contributed by atoms with Crippen LogP contribution in [0.2, 0.25) is 0 Å². The molecule has 34 heavy (non-hydrogen) atoms. The highest BCUT2D eigenvalue weighted by molar-refractivity contribution is 5.94. The van der Waals surface area contributed by atoms with Gasteiger partial charge in [0, 0.05) is 18.7 Å². The summed E-state index contributed by atoms with van der Waals surface area (Å²) in [7, 11) is 1.36. The minimum atomic E-state index is -0.373. The van der Waals surface area contributed by atoms with E-state index in [1.165, 1.54) is 7.11 Å². The number of benzene rings is 3. The molecule has 1 amide bonds. The highest BCUT2D eigenvalue weighted by atomic mass is 16.5. The van der Waals surface area contributed by atoms with Crippen LogP contribution in [-0.4, -0.2) is 30.4 Å². The molecule has 3 aromatic carbocycles. The first-order valence-corrected chi connectivity index (χ1v) is 11.6. The number of para-hydroxylation sites is 1. The standard InChI is InChI=1S/C29H33NO4/c1-20(2)17-18-30(19-23-9-11-25(12-10-23)29(32)33-5)28(31)24-13-15-26(16-14-24)34-27-21(3)7-6-8-22(27)4/h6-16,20H,17-19H2,1-5H3. The van der Waals surface area contributed by atoms with Crippen LogP contribution >= 0.6 is 0 Å². The maximum absolute atomic E-state index is 13.4. The minimum absolute atomic E-state index is 0.0312. The number of hydrogen-bond donors (Lipinski definition) is 0. The Morgan fingerprint density at radius 2 is 1.44 bits per heavy atom. The van der Waals surface area contributed by atoms with E-state index in [9.17, 15) is 9.59 Å². The molecule has 0 heterocycles. The molecule has 0 saturated heterocycles. The van der Waals surface area contributed by atoms with Crippen LogP contribution in [0.3, 0.4) is 0 Å². The molecule has 0 saturated carbocycles. The van der Waals surface area contributed by atoms with Gasteiger partial charge in [-0.15, -0.1) is 0 Å². The zero-order chi connectivity index (χ0) is 24.7. The lowest BCUT2D eigenvalue weighted by Gasteiger charge is -2.24. The van der Waals surface area contributed by atoms with Crippen molar-refractivity contribution in [2.45, 2.75) is 40.7 Å². The molecule has 0 aliphatic heterocycles. The van der Waals surface area contributed by atoms with Gasteiger partial charge in [-0.25, -0.2) is 4.79 Å². The van der Waals surface area contributed by atoms with E-state index < -0.39 is 0 Å². The number of methoxy groups -OCH3 is 1. The van der Waals surface area contributed by atoms with Crippen molar-refractivity contribution in [1.82, 2.24) is 4.90 Å². The Morgan fingerprint density at radius 3 is 2.00 bits per heavy atom. The fourth-order valence-corrected chi connectivity index (χ4v) is 3.68. The number of amides is 1. The summed E-state index contributed by atoms with van der Waals surface area (Å²) in [5, 5.41) is 0. The highest BCUT2D eigenvalue weighted by Gasteiger charge is 2.17. The van der Waals surface area contributed by atoms with Gasteiger partial charge in [0.1, 0.15) is 11.5 Å². The number of carbonyl (C=O) groups is 2. The molecule has 0 spiro atoms. The monoisotopic (exact) mass is 459 g/mol. The summed E-state index contributed by atoms with van der Waals surface area (Å²) >= 11 is 0. The van der Waals surface area contributed by atoms with Crippen molar-refractivity contribution >= 4 is 11.9 Å².